The maximum atomic E-state index is 12.5. The van der Waals surface area contributed by atoms with E-state index in [2.05, 4.69) is 9.97 Å². The molecule has 0 aliphatic rings. The first-order chi connectivity index (χ1) is 12.1. The van der Waals surface area contributed by atoms with Crippen LogP contribution in [-0.2, 0) is 6.54 Å². The fraction of sp³-hybridized carbons (Fsp3) is 0.0556. The van der Waals surface area contributed by atoms with Crippen molar-refractivity contribution >= 4 is 17.4 Å². The van der Waals surface area contributed by atoms with Crippen molar-refractivity contribution < 1.29 is 9.67 Å². The van der Waals surface area contributed by atoms with Crippen LogP contribution >= 0.6 is 11.6 Å². The van der Waals surface area contributed by atoms with Gasteiger partial charge in [-0.15, -0.1) is 0 Å². The number of imidazole rings is 1. The molecule has 6 nitrogen and oxygen atoms in total. The summed E-state index contributed by atoms with van der Waals surface area (Å²) in [6, 6.07) is 12.6. The lowest BCUT2D eigenvalue weighted by atomic mass is 10.1. The molecule has 124 valence electrons. The Morgan fingerprint density at radius 2 is 2.00 bits per heavy atom. The first-order valence-electron chi connectivity index (χ1n) is 7.65. The van der Waals surface area contributed by atoms with E-state index >= 15 is 0 Å². The molecule has 4 rings (SSSR count). The van der Waals surface area contributed by atoms with E-state index < -0.39 is 0 Å². The molecule has 0 spiro atoms. The molecular weight excluding hydrogens is 340 g/mol. The van der Waals surface area contributed by atoms with Gasteiger partial charge in [0.15, 0.2) is 0 Å². The number of fused-ring (bicyclic) bond motifs is 1. The molecule has 4 aromatic rings. The van der Waals surface area contributed by atoms with Gasteiger partial charge >= 0.3 is 11.3 Å². The van der Waals surface area contributed by atoms with Crippen molar-refractivity contribution in [3.8, 4) is 17.0 Å². The molecule has 0 saturated carbocycles. The van der Waals surface area contributed by atoms with Crippen LogP contribution in [0, 0.1) is 0 Å². The lowest BCUT2D eigenvalue weighted by molar-refractivity contribution is -0.663. The predicted octanol–water partition coefficient (Wildman–Crippen LogP) is 2.38. The Morgan fingerprint density at radius 3 is 2.72 bits per heavy atom. The van der Waals surface area contributed by atoms with Crippen LogP contribution in [0.2, 0.25) is 5.15 Å². The molecule has 0 saturated heterocycles. The van der Waals surface area contributed by atoms with Crippen LogP contribution in [0.1, 0.15) is 5.56 Å². The van der Waals surface area contributed by atoms with E-state index in [1.807, 2.05) is 28.8 Å². The second kappa shape index (κ2) is 6.07. The van der Waals surface area contributed by atoms with Crippen molar-refractivity contribution in [3.05, 3.63) is 82.1 Å². The van der Waals surface area contributed by atoms with Crippen LogP contribution in [0.5, 0.6) is 5.88 Å². The highest BCUT2D eigenvalue weighted by Gasteiger charge is 2.21. The molecule has 0 atom stereocenters. The number of nitrogens with one attached hydrogen (secondary N) is 1. The number of pyridine rings is 1. The number of aromatic hydroxyl groups is 1. The minimum absolute atomic E-state index is 0.0991. The topological polar surface area (TPSA) is 74.3 Å². The summed E-state index contributed by atoms with van der Waals surface area (Å²) in [4.78, 5) is 19.4. The molecule has 3 aromatic heterocycles. The average Bonchev–Trinajstić information content (AvgIpc) is 3.01. The van der Waals surface area contributed by atoms with Gasteiger partial charge in [0.1, 0.15) is 16.9 Å². The van der Waals surface area contributed by atoms with Crippen molar-refractivity contribution in [1.29, 1.82) is 0 Å². The van der Waals surface area contributed by atoms with E-state index in [1.54, 1.807) is 41.2 Å². The van der Waals surface area contributed by atoms with Gasteiger partial charge in [-0.25, -0.2) is 14.5 Å². The fourth-order valence-electron chi connectivity index (χ4n) is 2.80. The quantitative estimate of drug-likeness (QED) is 0.438. The third-order valence-corrected chi connectivity index (χ3v) is 4.23. The predicted molar refractivity (Wildman–Crippen MR) is 93.7 cm³/mol. The first-order valence-corrected chi connectivity index (χ1v) is 8.03. The SMILES string of the molecule is O=c1[nH]c2n(cc[n+]2Cc2ccc(Cl)nc2)c(O)c1-c1ccccc1. The number of hydrogen-bond acceptors (Lipinski definition) is 3. The third-order valence-electron chi connectivity index (χ3n) is 4.00. The van der Waals surface area contributed by atoms with Crippen molar-refractivity contribution in [1.82, 2.24) is 14.4 Å². The van der Waals surface area contributed by atoms with E-state index in [4.69, 9.17) is 11.6 Å². The highest BCUT2D eigenvalue weighted by molar-refractivity contribution is 6.29. The molecule has 0 radical (unpaired) electrons. The van der Waals surface area contributed by atoms with Gasteiger partial charge in [0.2, 0.25) is 0 Å². The summed E-state index contributed by atoms with van der Waals surface area (Å²) < 4.78 is 3.37. The molecule has 0 unspecified atom stereocenters. The van der Waals surface area contributed by atoms with Crippen LogP contribution in [-0.4, -0.2) is 19.5 Å². The minimum Gasteiger partial charge on any atom is -0.482 e. The molecule has 0 aliphatic carbocycles. The van der Waals surface area contributed by atoms with Crippen molar-refractivity contribution in [2.45, 2.75) is 6.54 Å². The number of hydrogen-bond donors (Lipinski definition) is 2. The molecule has 7 heteroatoms. The minimum atomic E-state index is -0.349. The zero-order valence-corrected chi connectivity index (χ0v) is 13.8. The Hall–Kier alpha value is -3.12. The summed E-state index contributed by atoms with van der Waals surface area (Å²) in [5, 5.41) is 11.0. The Bertz CT molecular complexity index is 1100. The molecular formula is C18H14ClN4O2+. The number of rotatable bonds is 3. The van der Waals surface area contributed by atoms with E-state index in [1.165, 1.54) is 0 Å². The normalized spacial score (nSPS) is 11.1. The number of H-pyrrole nitrogens is 1. The number of aromatic amines is 1. The number of halogens is 1. The number of nitrogens with zero attached hydrogens (tertiary/aromatic N) is 3. The van der Waals surface area contributed by atoms with E-state index in [-0.39, 0.29) is 17.0 Å². The molecule has 0 aliphatic heterocycles. The van der Waals surface area contributed by atoms with Crippen LogP contribution in [0.3, 0.4) is 0 Å². The zero-order chi connectivity index (χ0) is 17.4. The monoisotopic (exact) mass is 353 g/mol. The number of benzene rings is 1. The van der Waals surface area contributed by atoms with Gasteiger partial charge in [0.05, 0.1) is 12.7 Å². The summed E-state index contributed by atoms with van der Waals surface area (Å²) in [7, 11) is 0. The maximum absolute atomic E-state index is 12.5. The third kappa shape index (κ3) is 2.77. The summed E-state index contributed by atoms with van der Waals surface area (Å²) in [5.41, 5.74) is 1.47. The van der Waals surface area contributed by atoms with Crippen molar-refractivity contribution in [3.63, 3.8) is 0 Å². The van der Waals surface area contributed by atoms with Crippen LogP contribution < -0.4 is 10.1 Å². The van der Waals surface area contributed by atoms with Crippen LogP contribution in [0.15, 0.2) is 65.8 Å². The molecule has 25 heavy (non-hydrogen) atoms. The molecule has 1 aromatic carbocycles. The van der Waals surface area contributed by atoms with E-state index in [0.717, 1.165) is 5.56 Å². The second-order valence-corrected chi connectivity index (χ2v) is 6.01. The summed E-state index contributed by atoms with van der Waals surface area (Å²) in [5.74, 6) is 0.384. The Kier molecular flexibility index (Phi) is 3.74. The van der Waals surface area contributed by atoms with Crippen molar-refractivity contribution in [2.75, 3.05) is 0 Å². The zero-order valence-electron chi connectivity index (χ0n) is 13.1. The standard InChI is InChI=1S/C18H13ClN4O2/c19-14-7-6-12(10-20-14)11-22-8-9-23-17(25)15(16(24)21-18(22)23)13-4-2-1-3-5-13/h1-10H,11H2,(H,24,25)/p+1. The largest absolute Gasteiger partial charge is 0.482 e. The fourth-order valence-corrected chi connectivity index (χ4v) is 2.92. The second-order valence-electron chi connectivity index (χ2n) is 5.63. The van der Waals surface area contributed by atoms with Gasteiger partial charge < -0.3 is 5.11 Å². The Morgan fingerprint density at radius 1 is 1.20 bits per heavy atom. The van der Waals surface area contributed by atoms with Gasteiger partial charge in [0.25, 0.3) is 5.88 Å². The van der Waals surface area contributed by atoms with Crippen LogP contribution in [0.25, 0.3) is 16.9 Å². The maximum Gasteiger partial charge on any atom is 0.372 e. The molecule has 2 N–H and O–H groups in total. The summed E-state index contributed by atoms with van der Waals surface area (Å²) in [6.45, 7) is 0.487. The van der Waals surface area contributed by atoms with Gasteiger partial charge in [-0.1, -0.05) is 48.0 Å². The van der Waals surface area contributed by atoms with Gasteiger partial charge in [-0.05, 0) is 11.6 Å². The molecule has 0 fully saturated rings. The average molecular weight is 354 g/mol. The lowest BCUT2D eigenvalue weighted by Crippen LogP contribution is -2.35. The van der Waals surface area contributed by atoms with Crippen molar-refractivity contribution in [2.24, 2.45) is 0 Å². The molecule has 0 amide bonds. The highest BCUT2D eigenvalue weighted by Crippen LogP contribution is 2.24. The number of aromatic nitrogens is 4. The smallest absolute Gasteiger partial charge is 0.372 e. The Labute approximate surface area is 147 Å². The van der Waals surface area contributed by atoms with Gasteiger partial charge in [-0.2, -0.15) is 4.40 Å². The molecule has 3 heterocycles. The molecule has 0 bridgehead atoms. The van der Waals surface area contributed by atoms with Gasteiger partial charge in [-0.3, -0.25) is 4.79 Å². The van der Waals surface area contributed by atoms with E-state index in [0.29, 0.717) is 23.0 Å². The lowest BCUT2D eigenvalue weighted by Gasteiger charge is -2.03. The summed E-state index contributed by atoms with van der Waals surface area (Å²) in [6.07, 6.45) is 5.17. The first kappa shape index (κ1) is 15.4. The summed E-state index contributed by atoms with van der Waals surface area (Å²) >= 11 is 5.80. The highest BCUT2D eigenvalue weighted by atomic mass is 35.5. The van der Waals surface area contributed by atoms with E-state index in [9.17, 15) is 9.90 Å². The Balaban J connectivity index is 1.83. The van der Waals surface area contributed by atoms with Gasteiger partial charge in [0, 0.05) is 11.8 Å². The van der Waals surface area contributed by atoms with Crippen LogP contribution in [0.4, 0.5) is 0 Å².